The lowest BCUT2D eigenvalue weighted by Crippen LogP contribution is -2.69. The van der Waals surface area contributed by atoms with E-state index in [-0.39, 0.29) is 12.6 Å². The number of esters is 1. The van der Waals surface area contributed by atoms with Crippen LogP contribution in [0.5, 0.6) is 0 Å². The van der Waals surface area contributed by atoms with E-state index in [1.165, 1.54) is 62.0 Å². The van der Waals surface area contributed by atoms with E-state index in [9.17, 15) is 10.0 Å². The van der Waals surface area contributed by atoms with Crippen molar-refractivity contribution in [3.05, 3.63) is 35.4 Å². The number of ether oxygens (including phenoxy) is 1. The molecule has 1 heterocycles. The number of nitrogens with zero attached hydrogens (tertiary/aromatic N) is 1. The fourth-order valence-electron chi connectivity index (χ4n) is 5.86. The summed E-state index contributed by atoms with van der Waals surface area (Å²) in [6.45, 7) is 7.84. The van der Waals surface area contributed by atoms with Gasteiger partial charge in [0.05, 0.1) is 0 Å². The van der Waals surface area contributed by atoms with E-state index in [2.05, 4.69) is 24.3 Å². The van der Waals surface area contributed by atoms with Crippen molar-refractivity contribution in [2.24, 2.45) is 5.73 Å². The molecule has 1 aliphatic carbocycles. The molecule has 0 bridgehead atoms. The standard InChI is InChI=1S/C26H42N2O3/c1-24(2)18-26(27,19-25(3,4)28(24)30)23(29)31-17-20-13-15-22(16-14-20)21-11-9-7-5-6-8-10-12-21/h13-16,21,30H,5-12,17-19,27H2,1-4H3. The zero-order chi connectivity index (χ0) is 22.7. The van der Waals surface area contributed by atoms with Crippen molar-refractivity contribution in [2.45, 2.75) is 121 Å². The van der Waals surface area contributed by atoms with E-state index >= 15 is 0 Å². The van der Waals surface area contributed by atoms with Gasteiger partial charge >= 0.3 is 5.97 Å². The lowest BCUT2D eigenvalue weighted by Gasteiger charge is -2.54. The third-order valence-electron chi connectivity index (χ3n) is 7.23. The van der Waals surface area contributed by atoms with Gasteiger partial charge in [0.25, 0.3) is 0 Å². The lowest BCUT2D eigenvalue weighted by atomic mass is 9.71. The number of benzene rings is 1. The van der Waals surface area contributed by atoms with E-state index in [1.807, 2.05) is 27.7 Å². The van der Waals surface area contributed by atoms with Gasteiger partial charge in [-0.1, -0.05) is 62.8 Å². The van der Waals surface area contributed by atoms with Gasteiger partial charge in [-0.05, 0) is 70.4 Å². The number of hydroxylamine groups is 2. The molecule has 0 radical (unpaired) electrons. The first-order valence-corrected chi connectivity index (χ1v) is 12.1. The molecule has 1 saturated carbocycles. The van der Waals surface area contributed by atoms with Crippen molar-refractivity contribution in [2.75, 3.05) is 0 Å². The Bertz CT molecular complexity index is 714. The Hall–Kier alpha value is -1.43. The van der Waals surface area contributed by atoms with Gasteiger partial charge in [-0.15, -0.1) is 0 Å². The van der Waals surface area contributed by atoms with Gasteiger partial charge in [-0.2, -0.15) is 5.06 Å². The van der Waals surface area contributed by atoms with Gasteiger partial charge in [-0.3, -0.25) is 4.79 Å². The molecule has 2 aliphatic rings. The van der Waals surface area contributed by atoms with Crippen LogP contribution in [0, 0.1) is 0 Å². The molecule has 0 spiro atoms. The number of rotatable bonds is 4. The molecule has 3 N–H and O–H groups in total. The number of hydrogen-bond acceptors (Lipinski definition) is 5. The molecule has 1 aromatic rings. The molecule has 0 atom stereocenters. The molecule has 1 aliphatic heterocycles. The number of hydrogen-bond donors (Lipinski definition) is 2. The summed E-state index contributed by atoms with van der Waals surface area (Å²) in [5, 5.41) is 11.8. The SMILES string of the molecule is CC1(C)CC(N)(C(=O)OCc2ccc(C3CCCCCCCC3)cc2)CC(C)(C)N1O. The molecule has 174 valence electrons. The maximum atomic E-state index is 12.9. The van der Waals surface area contributed by atoms with Crippen molar-refractivity contribution in [1.82, 2.24) is 5.06 Å². The fourth-order valence-corrected chi connectivity index (χ4v) is 5.86. The Morgan fingerprint density at radius 3 is 1.97 bits per heavy atom. The number of carbonyl (C=O) groups is 1. The Morgan fingerprint density at radius 2 is 1.45 bits per heavy atom. The summed E-state index contributed by atoms with van der Waals surface area (Å²) in [6, 6.07) is 8.59. The highest BCUT2D eigenvalue weighted by atomic mass is 16.5. The molecule has 0 aromatic heterocycles. The van der Waals surface area contributed by atoms with Gasteiger partial charge in [0.15, 0.2) is 0 Å². The molecule has 1 saturated heterocycles. The fraction of sp³-hybridized carbons (Fsp3) is 0.731. The first-order valence-electron chi connectivity index (χ1n) is 12.1. The van der Waals surface area contributed by atoms with Crippen LogP contribution in [0.15, 0.2) is 24.3 Å². The molecular weight excluding hydrogens is 388 g/mol. The quantitative estimate of drug-likeness (QED) is 0.600. The topological polar surface area (TPSA) is 75.8 Å². The van der Waals surface area contributed by atoms with Crippen LogP contribution in [-0.4, -0.2) is 32.9 Å². The second-order valence-corrected chi connectivity index (χ2v) is 11.2. The largest absolute Gasteiger partial charge is 0.459 e. The molecule has 5 nitrogen and oxygen atoms in total. The minimum absolute atomic E-state index is 0.229. The highest BCUT2D eigenvalue weighted by Gasteiger charge is 2.54. The maximum Gasteiger partial charge on any atom is 0.326 e. The highest BCUT2D eigenvalue weighted by Crippen LogP contribution is 2.41. The summed E-state index contributed by atoms with van der Waals surface area (Å²) in [4.78, 5) is 12.9. The average molecular weight is 431 g/mol. The summed E-state index contributed by atoms with van der Waals surface area (Å²) < 4.78 is 5.67. The Balaban J connectivity index is 1.60. The van der Waals surface area contributed by atoms with Crippen molar-refractivity contribution in [3.8, 4) is 0 Å². The van der Waals surface area contributed by atoms with Gasteiger partial charge in [-0.25, -0.2) is 0 Å². The van der Waals surface area contributed by atoms with Crippen LogP contribution in [0.4, 0.5) is 0 Å². The summed E-state index contributed by atoms with van der Waals surface area (Å²) in [5.74, 6) is 0.261. The Kier molecular flexibility index (Phi) is 7.50. The average Bonchev–Trinajstić information content (AvgIpc) is 2.84. The van der Waals surface area contributed by atoms with Crippen LogP contribution in [0.2, 0.25) is 0 Å². The van der Waals surface area contributed by atoms with Gasteiger partial charge in [0.1, 0.15) is 12.1 Å². The molecule has 1 aromatic carbocycles. The first kappa shape index (κ1) is 24.2. The predicted molar refractivity (Wildman–Crippen MR) is 124 cm³/mol. The number of piperidine rings is 1. The monoisotopic (exact) mass is 430 g/mol. The van der Waals surface area contributed by atoms with Crippen LogP contribution >= 0.6 is 0 Å². The van der Waals surface area contributed by atoms with Crippen LogP contribution < -0.4 is 5.73 Å². The molecule has 0 unspecified atom stereocenters. The maximum absolute atomic E-state index is 12.9. The second-order valence-electron chi connectivity index (χ2n) is 11.2. The van der Waals surface area contributed by atoms with Crippen molar-refractivity contribution >= 4 is 5.97 Å². The van der Waals surface area contributed by atoms with E-state index in [0.717, 1.165) is 5.56 Å². The zero-order valence-electron chi connectivity index (χ0n) is 20.0. The second kappa shape index (κ2) is 9.60. The molecule has 3 rings (SSSR count). The van der Waals surface area contributed by atoms with Crippen molar-refractivity contribution in [3.63, 3.8) is 0 Å². The van der Waals surface area contributed by atoms with Crippen LogP contribution in [0.25, 0.3) is 0 Å². The van der Waals surface area contributed by atoms with Crippen molar-refractivity contribution < 1.29 is 14.7 Å². The number of nitrogens with two attached hydrogens (primary N) is 1. The van der Waals surface area contributed by atoms with E-state index in [1.54, 1.807) is 0 Å². The van der Waals surface area contributed by atoms with Crippen LogP contribution in [0.1, 0.15) is 109 Å². The molecule has 31 heavy (non-hydrogen) atoms. The van der Waals surface area contributed by atoms with E-state index in [0.29, 0.717) is 18.8 Å². The number of carbonyl (C=O) groups excluding carboxylic acids is 1. The molecular formula is C26H42N2O3. The minimum atomic E-state index is -1.11. The van der Waals surface area contributed by atoms with Crippen molar-refractivity contribution in [1.29, 1.82) is 0 Å². The Labute approximate surface area is 188 Å². The van der Waals surface area contributed by atoms with Gasteiger partial charge in [0.2, 0.25) is 0 Å². The smallest absolute Gasteiger partial charge is 0.326 e. The summed E-state index contributed by atoms with van der Waals surface area (Å²) in [6.07, 6.45) is 11.4. The zero-order valence-corrected chi connectivity index (χ0v) is 20.0. The lowest BCUT2D eigenvalue weighted by molar-refractivity contribution is -0.254. The third kappa shape index (κ3) is 5.88. The molecule has 0 amide bonds. The summed E-state index contributed by atoms with van der Waals surface area (Å²) >= 11 is 0. The Morgan fingerprint density at radius 1 is 0.968 bits per heavy atom. The molecule has 2 fully saturated rings. The molecule has 5 heteroatoms. The highest BCUT2D eigenvalue weighted by molar-refractivity contribution is 5.81. The predicted octanol–water partition coefficient (Wildman–Crippen LogP) is 5.69. The van der Waals surface area contributed by atoms with Gasteiger partial charge < -0.3 is 15.7 Å². The first-order chi connectivity index (χ1) is 14.5. The van der Waals surface area contributed by atoms with E-state index in [4.69, 9.17) is 10.5 Å². The van der Waals surface area contributed by atoms with Gasteiger partial charge in [0, 0.05) is 11.1 Å². The normalized spacial score (nSPS) is 24.6. The van der Waals surface area contributed by atoms with Crippen LogP contribution in [-0.2, 0) is 16.1 Å². The summed E-state index contributed by atoms with van der Waals surface area (Å²) in [5.41, 5.74) is 6.61. The van der Waals surface area contributed by atoms with Crippen LogP contribution in [0.3, 0.4) is 0 Å². The minimum Gasteiger partial charge on any atom is -0.459 e. The van der Waals surface area contributed by atoms with E-state index < -0.39 is 16.6 Å². The third-order valence-corrected chi connectivity index (χ3v) is 7.23. The summed E-state index contributed by atoms with van der Waals surface area (Å²) in [7, 11) is 0.